The van der Waals surface area contributed by atoms with Gasteiger partial charge < -0.3 is 5.11 Å². The first-order chi connectivity index (χ1) is 5.02. The Morgan fingerprint density at radius 1 is 1.55 bits per heavy atom. The Morgan fingerprint density at radius 2 is 2.18 bits per heavy atom. The van der Waals surface area contributed by atoms with E-state index in [0.29, 0.717) is 0 Å². The van der Waals surface area contributed by atoms with Gasteiger partial charge in [0, 0.05) is 6.20 Å². The van der Waals surface area contributed by atoms with Crippen LogP contribution in [0.5, 0.6) is 0 Å². The molecule has 1 N–H and O–H groups in total. The molecule has 0 aliphatic heterocycles. The Hall–Kier alpha value is -0.410. The van der Waals surface area contributed by atoms with Gasteiger partial charge in [-0.2, -0.15) is 0 Å². The first-order valence-corrected chi connectivity index (χ1v) is 4.46. The van der Waals surface area contributed by atoms with E-state index in [4.69, 9.17) is 0 Å². The SMILES string of the molecule is CC(C)(C)C(O)c1cncs1. The van der Waals surface area contributed by atoms with E-state index in [-0.39, 0.29) is 5.41 Å². The zero-order valence-corrected chi connectivity index (χ0v) is 7.85. The first-order valence-electron chi connectivity index (χ1n) is 3.58. The smallest absolute Gasteiger partial charge is 0.0946 e. The molecule has 0 spiro atoms. The average molecular weight is 171 g/mol. The predicted molar refractivity (Wildman–Crippen MR) is 46.5 cm³/mol. The van der Waals surface area contributed by atoms with Crippen LogP contribution in [-0.4, -0.2) is 10.1 Å². The Morgan fingerprint density at radius 3 is 2.55 bits per heavy atom. The van der Waals surface area contributed by atoms with Crippen LogP contribution in [0.4, 0.5) is 0 Å². The van der Waals surface area contributed by atoms with E-state index in [9.17, 15) is 5.11 Å². The number of hydrogen-bond donors (Lipinski definition) is 1. The molecular weight excluding hydrogens is 158 g/mol. The van der Waals surface area contributed by atoms with Gasteiger partial charge in [0.15, 0.2) is 0 Å². The number of nitrogens with zero attached hydrogens (tertiary/aromatic N) is 1. The highest BCUT2D eigenvalue weighted by Crippen LogP contribution is 2.33. The Kier molecular flexibility index (Phi) is 2.30. The van der Waals surface area contributed by atoms with E-state index in [2.05, 4.69) is 4.98 Å². The van der Waals surface area contributed by atoms with Crippen molar-refractivity contribution < 1.29 is 5.11 Å². The predicted octanol–water partition coefficient (Wildman–Crippen LogP) is 2.22. The van der Waals surface area contributed by atoms with E-state index in [1.807, 2.05) is 20.8 Å². The number of hydrogen-bond acceptors (Lipinski definition) is 3. The number of aliphatic hydroxyl groups is 1. The zero-order valence-electron chi connectivity index (χ0n) is 7.03. The molecule has 0 aliphatic carbocycles. The molecule has 1 atom stereocenters. The van der Waals surface area contributed by atoms with Crippen LogP contribution in [0.2, 0.25) is 0 Å². The van der Waals surface area contributed by atoms with Crippen molar-refractivity contribution in [3.63, 3.8) is 0 Å². The Bertz CT molecular complexity index is 212. The molecule has 1 aromatic heterocycles. The third kappa shape index (κ3) is 2.01. The van der Waals surface area contributed by atoms with Gasteiger partial charge >= 0.3 is 0 Å². The van der Waals surface area contributed by atoms with Gasteiger partial charge in [-0.05, 0) is 5.41 Å². The van der Waals surface area contributed by atoms with Crippen LogP contribution in [0.3, 0.4) is 0 Å². The molecule has 62 valence electrons. The second kappa shape index (κ2) is 2.91. The van der Waals surface area contributed by atoms with Gasteiger partial charge in [-0.1, -0.05) is 20.8 Å². The molecule has 3 heteroatoms. The monoisotopic (exact) mass is 171 g/mol. The van der Waals surface area contributed by atoms with Crippen molar-refractivity contribution in [3.05, 3.63) is 16.6 Å². The highest BCUT2D eigenvalue weighted by Gasteiger charge is 2.24. The minimum absolute atomic E-state index is 0.0907. The van der Waals surface area contributed by atoms with Crippen LogP contribution in [-0.2, 0) is 0 Å². The molecule has 0 amide bonds. The normalized spacial score (nSPS) is 14.9. The van der Waals surface area contributed by atoms with Gasteiger partial charge in [0.25, 0.3) is 0 Å². The number of rotatable bonds is 1. The molecule has 1 aromatic rings. The summed E-state index contributed by atoms with van der Waals surface area (Å²) in [6.07, 6.45) is 1.33. The van der Waals surface area contributed by atoms with Crippen LogP contribution in [0, 0.1) is 5.41 Å². The lowest BCUT2D eigenvalue weighted by atomic mass is 9.89. The molecule has 1 unspecified atom stereocenters. The van der Waals surface area contributed by atoms with E-state index in [1.54, 1.807) is 11.7 Å². The summed E-state index contributed by atoms with van der Waals surface area (Å²) in [5.74, 6) is 0. The standard InChI is InChI=1S/C8H13NOS/c1-8(2,3)7(10)6-4-9-5-11-6/h4-5,7,10H,1-3H3. The van der Waals surface area contributed by atoms with E-state index in [0.717, 1.165) is 4.88 Å². The molecule has 0 aromatic carbocycles. The summed E-state index contributed by atoms with van der Waals surface area (Å²) < 4.78 is 0. The second-order valence-corrected chi connectivity index (χ2v) is 4.59. The summed E-state index contributed by atoms with van der Waals surface area (Å²) in [5.41, 5.74) is 1.65. The lowest BCUT2D eigenvalue weighted by Gasteiger charge is -2.24. The van der Waals surface area contributed by atoms with Gasteiger partial charge in [-0.3, -0.25) is 4.98 Å². The van der Waals surface area contributed by atoms with Gasteiger partial charge in [0.05, 0.1) is 16.5 Å². The van der Waals surface area contributed by atoms with Crippen molar-refractivity contribution in [1.82, 2.24) is 4.98 Å². The summed E-state index contributed by atoms with van der Waals surface area (Å²) in [4.78, 5) is 4.86. The van der Waals surface area contributed by atoms with Crippen LogP contribution in [0.15, 0.2) is 11.7 Å². The Labute approximate surface area is 70.9 Å². The molecule has 2 nitrogen and oxygen atoms in total. The first kappa shape index (κ1) is 8.68. The summed E-state index contributed by atoms with van der Waals surface area (Å²) in [7, 11) is 0. The van der Waals surface area contributed by atoms with Crippen molar-refractivity contribution in [2.75, 3.05) is 0 Å². The summed E-state index contributed by atoms with van der Waals surface area (Å²) in [6, 6.07) is 0. The van der Waals surface area contributed by atoms with Crippen molar-refractivity contribution >= 4 is 11.3 Å². The van der Waals surface area contributed by atoms with Gasteiger partial charge in [0.2, 0.25) is 0 Å². The van der Waals surface area contributed by atoms with Crippen molar-refractivity contribution in [3.8, 4) is 0 Å². The third-order valence-electron chi connectivity index (χ3n) is 1.54. The molecule has 11 heavy (non-hydrogen) atoms. The van der Waals surface area contributed by atoms with Crippen molar-refractivity contribution in [2.45, 2.75) is 26.9 Å². The van der Waals surface area contributed by atoms with E-state index in [1.165, 1.54) is 11.3 Å². The quantitative estimate of drug-likeness (QED) is 0.702. The lowest BCUT2D eigenvalue weighted by Crippen LogP contribution is -2.16. The number of aromatic nitrogens is 1. The molecular formula is C8H13NOS. The molecule has 0 bridgehead atoms. The van der Waals surface area contributed by atoms with Crippen molar-refractivity contribution in [1.29, 1.82) is 0 Å². The maximum atomic E-state index is 9.72. The van der Waals surface area contributed by atoms with Crippen LogP contribution < -0.4 is 0 Å². The van der Waals surface area contributed by atoms with Crippen LogP contribution in [0.1, 0.15) is 31.8 Å². The van der Waals surface area contributed by atoms with E-state index < -0.39 is 6.10 Å². The molecule has 0 radical (unpaired) electrons. The molecule has 0 saturated heterocycles. The highest BCUT2D eigenvalue weighted by atomic mass is 32.1. The van der Waals surface area contributed by atoms with E-state index >= 15 is 0 Å². The van der Waals surface area contributed by atoms with Gasteiger partial charge in [0.1, 0.15) is 0 Å². The van der Waals surface area contributed by atoms with Crippen molar-refractivity contribution in [2.24, 2.45) is 5.41 Å². The Balaban J connectivity index is 2.78. The van der Waals surface area contributed by atoms with Gasteiger partial charge in [-0.25, -0.2) is 0 Å². The molecule has 1 heterocycles. The summed E-state index contributed by atoms with van der Waals surface area (Å²) in [6.45, 7) is 6.03. The zero-order chi connectivity index (χ0) is 8.48. The van der Waals surface area contributed by atoms with Gasteiger partial charge in [-0.15, -0.1) is 11.3 Å². The highest BCUT2D eigenvalue weighted by molar-refractivity contribution is 7.09. The minimum atomic E-state index is -0.394. The number of aliphatic hydroxyl groups excluding tert-OH is 1. The maximum absolute atomic E-state index is 9.72. The minimum Gasteiger partial charge on any atom is -0.387 e. The second-order valence-electron chi connectivity index (χ2n) is 3.67. The van der Waals surface area contributed by atoms with Crippen LogP contribution in [0.25, 0.3) is 0 Å². The molecule has 0 aliphatic rings. The number of thiazole rings is 1. The summed E-state index contributed by atoms with van der Waals surface area (Å²) >= 11 is 1.50. The topological polar surface area (TPSA) is 33.1 Å². The molecule has 0 saturated carbocycles. The average Bonchev–Trinajstić information content (AvgIpc) is 2.34. The lowest BCUT2D eigenvalue weighted by molar-refractivity contribution is 0.0656. The fraction of sp³-hybridized carbons (Fsp3) is 0.625. The molecule has 1 rings (SSSR count). The third-order valence-corrected chi connectivity index (χ3v) is 2.37. The van der Waals surface area contributed by atoms with Crippen LogP contribution >= 0.6 is 11.3 Å². The molecule has 0 fully saturated rings. The summed E-state index contributed by atoms with van der Waals surface area (Å²) in [5, 5.41) is 9.72. The largest absolute Gasteiger partial charge is 0.387 e. The fourth-order valence-electron chi connectivity index (χ4n) is 0.787. The maximum Gasteiger partial charge on any atom is 0.0946 e. The fourth-order valence-corrected chi connectivity index (χ4v) is 1.64.